The predicted molar refractivity (Wildman–Crippen MR) is 143 cm³/mol. The highest BCUT2D eigenvalue weighted by molar-refractivity contribution is 7.98. The van der Waals surface area contributed by atoms with Crippen molar-refractivity contribution in [2.24, 2.45) is 0 Å². The Bertz CT molecular complexity index is 1170. The van der Waals surface area contributed by atoms with E-state index in [-0.39, 0.29) is 5.97 Å². The second kappa shape index (κ2) is 11.1. The van der Waals surface area contributed by atoms with E-state index < -0.39 is 0 Å². The highest BCUT2D eigenvalue weighted by atomic mass is 32.2. The van der Waals surface area contributed by atoms with Crippen LogP contribution in [-0.4, -0.2) is 55.2 Å². The Balaban J connectivity index is 1.25. The van der Waals surface area contributed by atoms with Gasteiger partial charge in [-0.3, -0.25) is 4.90 Å². The number of hydrogen-bond donors (Lipinski definition) is 0. The summed E-state index contributed by atoms with van der Waals surface area (Å²) in [6, 6.07) is 21.2. The Labute approximate surface area is 211 Å². The summed E-state index contributed by atoms with van der Waals surface area (Å²) in [5, 5.41) is 0. The average molecular weight is 486 g/mol. The van der Waals surface area contributed by atoms with Crippen LogP contribution in [0.15, 0.2) is 77.8 Å². The first kappa shape index (κ1) is 23.6. The summed E-state index contributed by atoms with van der Waals surface area (Å²) >= 11 is 1.93. The second-order valence-electron chi connectivity index (χ2n) is 8.77. The number of anilines is 1. The molecule has 1 fully saturated rings. The zero-order valence-electron chi connectivity index (χ0n) is 20.2. The van der Waals surface area contributed by atoms with Crippen molar-refractivity contribution in [2.45, 2.75) is 24.0 Å². The minimum atomic E-state index is -0.299. The highest BCUT2D eigenvalue weighted by Gasteiger charge is 2.23. The Morgan fingerprint density at radius 3 is 2.60 bits per heavy atom. The Morgan fingerprint density at radius 1 is 1.00 bits per heavy atom. The van der Waals surface area contributed by atoms with Crippen LogP contribution in [-0.2, 0) is 10.5 Å². The van der Waals surface area contributed by atoms with Crippen LogP contribution in [0.4, 0.5) is 5.82 Å². The number of rotatable bonds is 6. The molecule has 0 spiro atoms. The Hall–Kier alpha value is -3.09. The summed E-state index contributed by atoms with van der Waals surface area (Å²) in [7, 11) is 0. The van der Waals surface area contributed by atoms with Gasteiger partial charge in [0.25, 0.3) is 0 Å². The van der Waals surface area contributed by atoms with Crippen molar-refractivity contribution in [3.8, 4) is 0 Å². The first-order valence-corrected chi connectivity index (χ1v) is 13.3. The van der Waals surface area contributed by atoms with Gasteiger partial charge in [-0.25, -0.2) is 9.78 Å². The van der Waals surface area contributed by atoms with Crippen LogP contribution in [0.5, 0.6) is 0 Å². The van der Waals surface area contributed by atoms with Crippen molar-refractivity contribution >= 4 is 29.1 Å². The molecule has 180 valence electrons. The monoisotopic (exact) mass is 485 g/mol. The smallest absolute Gasteiger partial charge is 0.341 e. The maximum absolute atomic E-state index is 12.4. The molecule has 0 saturated carbocycles. The molecule has 0 N–H and O–H groups in total. The molecule has 6 heteroatoms. The minimum absolute atomic E-state index is 0.299. The van der Waals surface area contributed by atoms with E-state index in [4.69, 9.17) is 4.74 Å². The van der Waals surface area contributed by atoms with Crippen LogP contribution in [0, 0.1) is 0 Å². The normalized spacial score (nSPS) is 16.9. The van der Waals surface area contributed by atoms with Gasteiger partial charge in [-0.2, -0.15) is 0 Å². The molecule has 0 radical (unpaired) electrons. The maximum atomic E-state index is 12.4. The van der Waals surface area contributed by atoms with E-state index >= 15 is 0 Å². The molecular weight excluding hydrogens is 454 g/mol. The van der Waals surface area contributed by atoms with Gasteiger partial charge < -0.3 is 9.64 Å². The molecule has 0 bridgehead atoms. The molecule has 0 atom stereocenters. The van der Waals surface area contributed by atoms with Gasteiger partial charge in [0, 0.05) is 49.6 Å². The first-order valence-electron chi connectivity index (χ1n) is 12.3. The number of pyridine rings is 1. The van der Waals surface area contributed by atoms with Gasteiger partial charge in [-0.1, -0.05) is 48.5 Å². The van der Waals surface area contributed by atoms with Gasteiger partial charge in [0.1, 0.15) is 11.4 Å². The average Bonchev–Trinajstić information content (AvgIpc) is 3.06. The van der Waals surface area contributed by atoms with Crippen LogP contribution in [0.1, 0.15) is 40.4 Å². The number of carbonyl (C=O) groups excluding carboxylic acids is 1. The van der Waals surface area contributed by atoms with Gasteiger partial charge in [-0.05, 0) is 53.8 Å². The van der Waals surface area contributed by atoms with E-state index in [0.717, 1.165) is 50.7 Å². The summed E-state index contributed by atoms with van der Waals surface area (Å²) in [6.07, 6.45) is 5.17. The molecule has 3 heterocycles. The molecule has 0 amide bonds. The van der Waals surface area contributed by atoms with Gasteiger partial charge in [0.05, 0.1) is 6.61 Å². The summed E-state index contributed by atoms with van der Waals surface area (Å²) in [4.78, 5) is 22.9. The standard InChI is InChI=1S/C29H31N3O2S/c1-2-34-29(33)26-12-7-15-30-28(26)32-19-17-31(18-20-32)16-8-13-24-23-10-4-3-9-22(23)21-35-27-14-6-5-11-25(24)27/h3-7,9-15H,2,8,16-21H2,1H3/b24-13+. The van der Waals surface area contributed by atoms with Crippen molar-refractivity contribution in [2.75, 3.05) is 44.2 Å². The molecule has 3 aromatic rings. The van der Waals surface area contributed by atoms with Crippen molar-refractivity contribution in [3.05, 3.63) is 95.2 Å². The topological polar surface area (TPSA) is 45.7 Å². The summed E-state index contributed by atoms with van der Waals surface area (Å²) < 4.78 is 5.23. The van der Waals surface area contributed by atoms with Crippen molar-refractivity contribution in [3.63, 3.8) is 0 Å². The molecule has 5 nitrogen and oxygen atoms in total. The lowest BCUT2D eigenvalue weighted by Gasteiger charge is -2.35. The predicted octanol–water partition coefficient (Wildman–Crippen LogP) is 5.51. The molecule has 2 aliphatic heterocycles. The van der Waals surface area contributed by atoms with Gasteiger partial charge in [-0.15, -0.1) is 11.8 Å². The number of nitrogens with zero attached hydrogens (tertiary/aromatic N) is 3. The van der Waals surface area contributed by atoms with E-state index in [2.05, 4.69) is 69.4 Å². The molecule has 2 aliphatic rings. The number of thioether (sulfide) groups is 1. The summed E-state index contributed by atoms with van der Waals surface area (Å²) in [5.41, 5.74) is 6.01. The zero-order valence-corrected chi connectivity index (χ0v) is 21.0. The third kappa shape index (κ3) is 5.29. The fraction of sp³-hybridized carbons (Fsp3) is 0.310. The molecule has 2 aromatic carbocycles. The lowest BCUT2D eigenvalue weighted by Crippen LogP contribution is -2.47. The number of benzene rings is 2. The number of hydrogen-bond acceptors (Lipinski definition) is 6. The number of fused-ring (bicyclic) bond motifs is 2. The summed E-state index contributed by atoms with van der Waals surface area (Å²) in [5.74, 6) is 1.44. The fourth-order valence-electron chi connectivity index (χ4n) is 4.84. The number of ether oxygens (including phenoxy) is 1. The molecule has 35 heavy (non-hydrogen) atoms. The van der Waals surface area contributed by atoms with Crippen LogP contribution >= 0.6 is 11.8 Å². The SMILES string of the molecule is CCOC(=O)c1cccnc1N1CCN(CC/C=C2\c3ccccc3CSc3ccccc32)CC1. The lowest BCUT2D eigenvalue weighted by atomic mass is 9.93. The summed E-state index contributed by atoms with van der Waals surface area (Å²) in [6.45, 7) is 6.81. The van der Waals surface area contributed by atoms with Crippen LogP contribution in [0.2, 0.25) is 0 Å². The van der Waals surface area contributed by atoms with Crippen molar-refractivity contribution < 1.29 is 9.53 Å². The van der Waals surface area contributed by atoms with Gasteiger partial charge >= 0.3 is 5.97 Å². The number of aromatic nitrogens is 1. The Kier molecular flexibility index (Phi) is 7.50. The molecule has 1 saturated heterocycles. The number of esters is 1. The van der Waals surface area contributed by atoms with Crippen molar-refractivity contribution in [1.29, 1.82) is 0 Å². The largest absolute Gasteiger partial charge is 0.462 e. The van der Waals surface area contributed by atoms with E-state index in [9.17, 15) is 4.79 Å². The highest BCUT2D eigenvalue weighted by Crippen LogP contribution is 2.40. The molecule has 1 aromatic heterocycles. The number of piperazine rings is 1. The third-order valence-electron chi connectivity index (χ3n) is 6.62. The zero-order chi connectivity index (χ0) is 24.0. The van der Waals surface area contributed by atoms with Crippen LogP contribution in [0.3, 0.4) is 0 Å². The quantitative estimate of drug-likeness (QED) is 0.429. The molecule has 0 unspecified atom stereocenters. The minimum Gasteiger partial charge on any atom is -0.462 e. The first-order chi connectivity index (χ1) is 17.2. The molecule has 0 aliphatic carbocycles. The second-order valence-corrected chi connectivity index (χ2v) is 9.79. The lowest BCUT2D eigenvalue weighted by molar-refractivity contribution is 0.0526. The van der Waals surface area contributed by atoms with E-state index in [0.29, 0.717) is 12.2 Å². The van der Waals surface area contributed by atoms with E-state index in [1.165, 1.54) is 27.2 Å². The molecular formula is C29H31N3O2S. The van der Waals surface area contributed by atoms with Crippen LogP contribution < -0.4 is 4.90 Å². The van der Waals surface area contributed by atoms with Crippen LogP contribution in [0.25, 0.3) is 5.57 Å². The fourth-order valence-corrected chi connectivity index (χ4v) is 5.91. The van der Waals surface area contributed by atoms with E-state index in [1.54, 1.807) is 18.3 Å². The van der Waals surface area contributed by atoms with E-state index in [1.807, 2.05) is 18.7 Å². The Morgan fingerprint density at radius 2 is 1.77 bits per heavy atom. The molecule has 5 rings (SSSR count). The third-order valence-corrected chi connectivity index (χ3v) is 7.74. The number of carbonyl (C=O) groups is 1. The maximum Gasteiger partial charge on any atom is 0.341 e. The van der Waals surface area contributed by atoms with Gasteiger partial charge in [0.2, 0.25) is 0 Å². The van der Waals surface area contributed by atoms with Gasteiger partial charge in [0.15, 0.2) is 0 Å². The van der Waals surface area contributed by atoms with Crippen molar-refractivity contribution in [1.82, 2.24) is 9.88 Å².